The van der Waals surface area contributed by atoms with Crippen molar-refractivity contribution in [2.45, 2.75) is 30.4 Å². The number of para-hydroxylation sites is 1. The molecule has 1 heterocycles. The number of hydrogen-bond donors (Lipinski definition) is 1. The van der Waals surface area contributed by atoms with E-state index in [-0.39, 0.29) is 11.5 Å². The highest BCUT2D eigenvalue weighted by Gasteiger charge is 2.18. The maximum absolute atomic E-state index is 12.8. The van der Waals surface area contributed by atoms with Gasteiger partial charge in [0.2, 0.25) is 5.91 Å². The number of nitrogens with one attached hydrogen (secondary N) is 1. The number of hydrogen-bond acceptors (Lipinski definition) is 4. The van der Waals surface area contributed by atoms with Gasteiger partial charge in [0.1, 0.15) is 0 Å². The Kier molecular flexibility index (Phi) is 6.08. The molecule has 27 heavy (non-hydrogen) atoms. The Bertz CT molecular complexity index is 1010. The van der Waals surface area contributed by atoms with Gasteiger partial charge in [0, 0.05) is 13.1 Å². The summed E-state index contributed by atoms with van der Waals surface area (Å²) in [4.78, 5) is 29.8. The van der Waals surface area contributed by atoms with Crippen molar-refractivity contribution in [3.05, 3.63) is 83.2 Å². The summed E-state index contributed by atoms with van der Waals surface area (Å²) in [7, 11) is 0. The average Bonchev–Trinajstić information content (AvgIpc) is 2.70. The van der Waals surface area contributed by atoms with Crippen LogP contribution in [0.2, 0.25) is 0 Å². The zero-order valence-electron chi connectivity index (χ0n) is 15.1. The van der Waals surface area contributed by atoms with Gasteiger partial charge in [-0.2, -0.15) is 0 Å². The molecule has 0 saturated heterocycles. The summed E-state index contributed by atoms with van der Waals surface area (Å²) in [5, 5.41) is 3.61. The zero-order valence-corrected chi connectivity index (χ0v) is 15.9. The number of aromatic nitrogens is 2. The molecule has 0 radical (unpaired) electrons. The second-order valence-electron chi connectivity index (χ2n) is 6.08. The first-order valence-corrected chi connectivity index (χ1v) is 9.57. The van der Waals surface area contributed by atoms with Gasteiger partial charge in [-0.05, 0) is 24.6 Å². The Morgan fingerprint density at radius 1 is 1.22 bits per heavy atom. The molecule has 1 unspecified atom stereocenters. The predicted octanol–water partition coefficient (Wildman–Crippen LogP) is 3.38. The van der Waals surface area contributed by atoms with E-state index < -0.39 is 5.25 Å². The van der Waals surface area contributed by atoms with Crippen molar-refractivity contribution in [2.24, 2.45) is 0 Å². The summed E-state index contributed by atoms with van der Waals surface area (Å²) in [5.74, 6) is -0.101. The lowest BCUT2D eigenvalue weighted by Crippen LogP contribution is -2.31. The molecule has 0 aliphatic rings. The number of allylic oxidation sites excluding steroid dienone is 1. The molecule has 0 aliphatic carbocycles. The molecule has 0 saturated carbocycles. The van der Waals surface area contributed by atoms with Gasteiger partial charge in [0.15, 0.2) is 5.16 Å². The van der Waals surface area contributed by atoms with Gasteiger partial charge in [-0.25, -0.2) is 4.98 Å². The zero-order chi connectivity index (χ0) is 19.2. The molecule has 6 heteroatoms. The molecule has 3 aromatic rings. The normalized spacial score (nSPS) is 11.9. The quantitative estimate of drug-likeness (QED) is 0.388. The summed E-state index contributed by atoms with van der Waals surface area (Å²) >= 11 is 1.27. The number of thioether (sulfide) groups is 1. The minimum Gasteiger partial charge on any atom is -0.351 e. The van der Waals surface area contributed by atoms with Crippen LogP contribution in [0.5, 0.6) is 0 Å². The first-order valence-electron chi connectivity index (χ1n) is 8.69. The summed E-state index contributed by atoms with van der Waals surface area (Å²) in [6.45, 7) is 6.34. The second kappa shape index (κ2) is 8.68. The minimum absolute atomic E-state index is 0.101. The summed E-state index contributed by atoms with van der Waals surface area (Å²) in [5.41, 5.74) is 1.54. The number of fused-ring (bicyclic) bond motifs is 1. The Balaban J connectivity index is 1.80. The van der Waals surface area contributed by atoms with E-state index in [0.29, 0.717) is 29.1 Å². The van der Waals surface area contributed by atoms with Gasteiger partial charge < -0.3 is 5.32 Å². The van der Waals surface area contributed by atoms with E-state index in [4.69, 9.17) is 0 Å². The molecule has 1 N–H and O–H groups in total. The molecule has 0 spiro atoms. The SMILES string of the molecule is C=CCn1c(SC(C)C(=O)NCc2ccccc2)nc2ccccc2c1=O. The van der Waals surface area contributed by atoms with Crippen LogP contribution < -0.4 is 10.9 Å². The summed E-state index contributed by atoms with van der Waals surface area (Å²) < 4.78 is 1.56. The van der Waals surface area contributed by atoms with Crippen LogP contribution in [0.4, 0.5) is 0 Å². The molecule has 1 amide bonds. The molecule has 1 atom stereocenters. The van der Waals surface area contributed by atoms with Crippen molar-refractivity contribution in [1.82, 2.24) is 14.9 Å². The molecule has 5 nitrogen and oxygen atoms in total. The van der Waals surface area contributed by atoms with Gasteiger partial charge in [-0.15, -0.1) is 6.58 Å². The van der Waals surface area contributed by atoms with Gasteiger partial charge in [-0.1, -0.05) is 60.3 Å². The standard InChI is InChI=1S/C21H21N3O2S/c1-3-13-24-20(26)17-11-7-8-12-18(17)23-21(24)27-15(2)19(25)22-14-16-9-5-4-6-10-16/h3-12,15H,1,13-14H2,2H3,(H,22,25). The van der Waals surface area contributed by atoms with Gasteiger partial charge in [0.05, 0.1) is 16.2 Å². The number of carbonyl (C=O) groups is 1. The van der Waals surface area contributed by atoms with E-state index in [1.165, 1.54) is 11.8 Å². The Labute approximate surface area is 162 Å². The van der Waals surface area contributed by atoms with E-state index in [0.717, 1.165) is 5.56 Å². The fourth-order valence-corrected chi connectivity index (χ4v) is 3.61. The van der Waals surface area contributed by atoms with E-state index in [1.807, 2.05) is 49.4 Å². The number of amides is 1. The molecule has 0 aliphatic heterocycles. The van der Waals surface area contributed by atoms with Gasteiger partial charge >= 0.3 is 0 Å². The van der Waals surface area contributed by atoms with Crippen molar-refractivity contribution in [1.29, 1.82) is 0 Å². The van der Waals surface area contributed by atoms with Crippen LogP contribution in [0.25, 0.3) is 10.9 Å². The first-order chi connectivity index (χ1) is 13.1. The number of benzene rings is 2. The lowest BCUT2D eigenvalue weighted by molar-refractivity contribution is -0.120. The van der Waals surface area contributed by atoms with E-state index in [2.05, 4.69) is 16.9 Å². The first kappa shape index (κ1) is 18.9. The van der Waals surface area contributed by atoms with E-state index in [1.54, 1.807) is 22.8 Å². The van der Waals surface area contributed by atoms with Crippen molar-refractivity contribution < 1.29 is 4.79 Å². The lowest BCUT2D eigenvalue weighted by atomic mass is 10.2. The fraction of sp³-hybridized carbons (Fsp3) is 0.190. The third kappa shape index (κ3) is 4.46. The second-order valence-corrected chi connectivity index (χ2v) is 7.39. The fourth-order valence-electron chi connectivity index (χ4n) is 2.67. The molecule has 2 aromatic carbocycles. The maximum atomic E-state index is 12.8. The number of nitrogens with zero attached hydrogens (tertiary/aromatic N) is 2. The molecular formula is C21H21N3O2S. The van der Waals surface area contributed by atoms with Gasteiger partial charge in [-0.3, -0.25) is 14.2 Å². The predicted molar refractivity (Wildman–Crippen MR) is 110 cm³/mol. The van der Waals surface area contributed by atoms with Crippen LogP contribution in [-0.2, 0) is 17.9 Å². The number of carbonyl (C=O) groups excluding carboxylic acids is 1. The average molecular weight is 379 g/mol. The molecule has 1 aromatic heterocycles. The van der Waals surface area contributed by atoms with Crippen LogP contribution in [0.3, 0.4) is 0 Å². The van der Waals surface area contributed by atoms with Crippen LogP contribution >= 0.6 is 11.8 Å². The molecule has 0 fully saturated rings. The highest BCUT2D eigenvalue weighted by Crippen LogP contribution is 2.22. The van der Waals surface area contributed by atoms with Crippen LogP contribution in [0.15, 0.2) is 77.2 Å². The topological polar surface area (TPSA) is 64.0 Å². The van der Waals surface area contributed by atoms with Crippen molar-refractivity contribution in [2.75, 3.05) is 0 Å². The maximum Gasteiger partial charge on any atom is 0.262 e. The molecule has 0 bridgehead atoms. The Morgan fingerprint density at radius 2 is 1.93 bits per heavy atom. The van der Waals surface area contributed by atoms with Crippen molar-refractivity contribution in [3.8, 4) is 0 Å². The third-order valence-corrected chi connectivity index (χ3v) is 5.19. The largest absolute Gasteiger partial charge is 0.351 e. The number of rotatable bonds is 7. The monoisotopic (exact) mass is 379 g/mol. The van der Waals surface area contributed by atoms with Crippen LogP contribution in [-0.4, -0.2) is 20.7 Å². The highest BCUT2D eigenvalue weighted by molar-refractivity contribution is 8.00. The Morgan fingerprint density at radius 3 is 2.67 bits per heavy atom. The minimum atomic E-state index is -0.391. The Hall–Kier alpha value is -2.86. The van der Waals surface area contributed by atoms with E-state index in [9.17, 15) is 9.59 Å². The molecular weight excluding hydrogens is 358 g/mol. The highest BCUT2D eigenvalue weighted by atomic mass is 32.2. The van der Waals surface area contributed by atoms with Crippen molar-refractivity contribution >= 4 is 28.6 Å². The third-order valence-electron chi connectivity index (χ3n) is 4.10. The summed E-state index contributed by atoms with van der Waals surface area (Å²) in [6.07, 6.45) is 1.65. The van der Waals surface area contributed by atoms with Gasteiger partial charge in [0.25, 0.3) is 5.56 Å². The molecule has 138 valence electrons. The van der Waals surface area contributed by atoms with Crippen LogP contribution in [0, 0.1) is 0 Å². The molecule has 3 rings (SSSR count). The van der Waals surface area contributed by atoms with E-state index >= 15 is 0 Å². The lowest BCUT2D eigenvalue weighted by Gasteiger charge is -2.15. The van der Waals surface area contributed by atoms with Crippen LogP contribution in [0.1, 0.15) is 12.5 Å². The van der Waals surface area contributed by atoms with Crippen molar-refractivity contribution in [3.63, 3.8) is 0 Å². The summed E-state index contributed by atoms with van der Waals surface area (Å²) in [6, 6.07) is 17.0. The smallest absolute Gasteiger partial charge is 0.262 e.